The Morgan fingerprint density at radius 3 is 2.64 bits per heavy atom. The average Bonchev–Trinajstić information content (AvgIpc) is 3.29. The molecule has 0 saturated carbocycles. The van der Waals surface area contributed by atoms with Gasteiger partial charge >= 0.3 is 0 Å². The van der Waals surface area contributed by atoms with Crippen molar-refractivity contribution in [1.82, 2.24) is 14.4 Å². The Hall–Kier alpha value is -2.04. The first kappa shape index (κ1) is 20.7. The molecule has 0 bridgehead atoms. The van der Waals surface area contributed by atoms with Crippen molar-refractivity contribution >= 4 is 57.5 Å². The van der Waals surface area contributed by atoms with E-state index in [1.54, 1.807) is 17.5 Å². The zero-order valence-corrected chi connectivity index (χ0v) is 18.7. The van der Waals surface area contributed by atoms with Crippen LogP contribution in [0.25, 0.3) is 15.5 Å². The molecule has 0 amide bonds. The molecule has 0 saturated heterocycles. The van der Waals surface area contributed by atoms with Gasteiger partial charge in [0.05, 0.1) is 9.75 Å². The highest BCUT2D eigenvalue weighted by Crippen LogP contribution is 2.37. The van der Waals surface area contributed by atoms with Crippen molar-refractivity contribution < 1.29 is 0 Å². The number of thiazole rings is 1. The third-order valence-corrected chi connectivity index (χ3v) is 5.72. The van der Waals surface area contributed by atoms with E-state index in [2.05, 4.69) is 49.0 Å². The van der Waals surface area contributed by atoms with Gasteiger partial charge in [0.25, 0.3) is 0 Å². The van der Waals surface area contributed by atoms with Crippen LogP contribution >= 0.6 is 46.7 Å². The van der Waals surface area contributed by atoms with Gasteiger partial charge in [-0.05, 0) is 56.9 Å². The first-order valence-corrected chi connectivity index (χ1v) is 10.4. The summed E-state index contributed by atoms with van der Waals surface area (Å²) in [5.74, 6) is 7.24. The summed E-state index contributed by atoms with van der Waals surface area (Å²) in [5, 5.41) is 3.56. The Bertz CT molecular complexity index is 1160. The van der Waals surface area contributed by atoms with E-state index in [1.807, 2.05) is 34.9 Å². The number of hydrogen-bond acceptors (Lipinski definition) is 5. The summed E-state index contributed by atoms with van der Waals surface area (Å²) < 4.78 is 2.74. The van der Waals surface area contributed by atoms with Gasteiger partial charge in [0.1, 0.15) is 21.5 Å². The molecule has 0 aliphatic rings. The van der Waals surface area contributed by atoms with Crippen LogP contribution in [0.15, 0.2) is 42.7 Å². The van der Waals surface area contributed by atoms with E-state index in [9.17, 15) is 0 Å². The minimum absolute atomic E-state index is 0. The first-order valence-electron chi connectivity index (χ1n) is 8.38. The largest absolute Gasteiger partial charge is 0.365 e. The topological polar surface area (TPSA) is 42.2 Å². The number of hydrogen-bond donors (Lipinski definition) is 1. The molecule has 0 aliphatic heterocycles. The summed E-state index contributed by atoms with van der Waals surface area (Å²) in [4.78, 5) is 12.0. The van der Waals surface area contributed by atoms with Gasteiger partial charge in [0.2, 0.25) is 0 Å². The number of thiophene rings is 1. The van der Waals surface area contributed by atoms with Crippen molar-refractivity contribution in [3.63, 3.8) is 0 Å². The van der Waals surface area contributed by atoms with E-state index in [-0.39, 0.29) is 17.9 Å². The second kappa shape index (κ2) is 8.14. The van der Waals surface area contributed by atoms with E-state index in [0.717, 1.165) is 31.9 Å². The average molecular weight is 449 g/mol. The summed E-state index contributed by atoms with van der Waals surface area (Å²) >= 11 is 9.27. The van der Waals surface area contributed by atoms with Crippen LogP contribution in [-0.4, -0.2) is 19.9 Å². The molecule has 144 valence electrons. The quantitative estimate of drug-likeness (QED) is 0.370. The van der Waals surface area contributed by atoms with Crippen LogP contribution in [-0.2, 0) is 0 Å². The Labute approximate surface area is 183 Å². The smallest absolute Gasteiger partial charge is 0.197 e. The molecule has 0 aliphatic carbocycles. The maximum absolute atomic E-state index is 6.18. The number of imidazole rings is 1. The predicted molar refractivity (Wildman–Crippen MR) is 122 cm³/mol. The number of rotatable bonds is 2. The molecule has 4 aromatic heterocycles. The second-order valence-corrected chi connectivity index (χ2v) is 9.72. The van der Waals surface area contributed by atoms with Crippen molar-refractivity contribution in [2.24, 2.45) is 0 Å². The second-order valence-electron chi connectivity index (χ2n) is 7.00. The SMILES string of the molecule is CC(C)(C)Nc1c(-c2ccc(C#Cc3ccccn3)s2)nc2sc(Cl)cn12.Cl. The Kier molecular flexibility index (Phi) is 6.01. The van der Waals surface area contributed by atoms with Gasteiger partial charge in [-0.2, -0.15) is 0 Å². The monoisotopic (exact) mass is 448 g/mol. The normalized spacial score (nSPS) is 11.0. The predicted octanol–water partition coefficient (Wildman–Crippen LogP) is 6.20. The highest BCUT2D eigenvalue weighted by Gasteiger charge is 2.21. The molecule has 4 aromatic rings. The van der Waals surface area contributed by atoms with Crippen molar-refractivity contribution in [3.8, 4) is 22.4 Å². The van der Waals surface area contributed by atoms with Crippen molar-refractivity contribution in [2.45, 2.75) is 26.3 Å². The number of halogens is 2. The van der Waals surface area contributed by atoms with Crippen LogP contribution in [0.1, 0.15) is 31.3 Å². The molecule has 0 radical (unpaired) electrons. The molecule has 8 heteroatoms. The zero-order chi connectivity index (χ0) is 19.0. The highest BCUT2D eigenvalue weighted by atomic mass is 35.5. The fourth-order valence-corrected chi connectivity index (χ4v) is 4.43. The minimum Gasteiger partial charge on any atom is -0.365 e. The molecular formula is C20H18Cl2N4S2. The Balaban J connectivity index is 0.00000225. The lowest BCUT2D eigenvalue weighted by atomic mass is 10.1. The molecule has 4 heterocycles. The number of fused-ring (bicyclic) bond motifs is 1. The molecule has 0 aromatic carbocycles. The lowest BCUT2D eigenvalue weighted by molar-refractivity contribution is 0.630. The number of aromatic nitrogens is 3. The number of pyridine rings is 1. The van der Waals surface area contributed by atoms with Gasteiger partial charge in [-0.25, -0.2) is 9.97 Å². The Morgan fingerprint density at radius 1 is 1.11 bits per heavy atom. The van der Waals surface area contributed by atoms with E-state index in [1.165, 1.54) is 11.3 Å². The summed E-state index contributed by atoms with van der Waals surface area (Å²) in [6.07, 6.45) is 3.65. The van der Waals surface area contributed by atoms with Crippen LogP contribution in [0.5, 0.6) is 0 Å². The third kappa shape index (κ3) is 4.50. The molecule has 4 rings (SSSR count). The first-order chi connectivity index (χ1) is 12.9. The lowest BCUT2D eigenvalue weighted by Gasteiger charge is -2.22. The van der Waals surface area contributed by atoms with Crippen molar-refractivity contribution in [3.05, 3.63) is 57.6 Å². The molecule has 0 atom stereocenters. The molecule has 0 fully saturated rings. The van der Waals surface area contributed by atoms with Gasteiger partial charge in [0.15, 0.2) is 4.96 Å². The van der Waals surface area contributed by atoms with Crippen LogP contribution in [0.2, 0.25) is 4.34 Å². The van der Waals surface area contributed by atoms with Gasteiger partial charge in [0, 0.05) is 17.9 Å². The van der Waals surface area contributed by atoms with Crippen molar-refractivity contribution in [2.75, 3.05) is 5.32 Å². The Morgan fingerprint density at radius 2 is 1.93 bits per heavy atom. The fourth-order valence-electron chi connectivity index (χ4n) is 2.56. The summed E-state index contributed by atoms with van der Waals surface area (Å²) in [6.45, 7) is 6.38. The summed E-state index contributed by atoms with van der Waals surface area (Å²) in [7, 11) is 0. The molecule has 0 unspecified atom stereocenters. The van der Waals surface area contributed by atoms with Gasteiger partial charge < -0.3 is 5.32 Å². The number of anilines is 1. The highest BCUT2D eigenvalue weighted by molar-refractivity contribution is 7.20. The molecule has 28 heavy (non-hydrogen) atoms. The molecule has 1 N–H and O–H groups in total. The number of nitrogens with one attached hydrogen (secondary N) is 1. The van der Waals surface area contributed by atoms with Crippen molar-refractivity contribution in [1.29, 1.82) is 0 Å². The summed E-state index contributed by atoms with van der Waals surface area (Å²) in [6, 6.07) is 9.81. The van der Waals surface area contributed by atoms with Crippen LogP contribution < -0.4 is 5.32 Å². The fraction of sp³-hybridized carbons (Fsp3) is 0.200. The minimum atomic E-state index is -0.0992. The molecule has 0 spiro atoms. The van der Waals surface area contributed by atoms with Crippen LogP contribution in [0, 0.1) is 11.8 Å². The number of nitrogens with zero attached hydrogens (tertiary/aromatic N) is 3. The van der Waals surface area contributed by atoms with Crippen LogP contribution in [0.3, 0.4) is 0 Å². The lowest BCUT2D eigenvalue weighted by Crippen LogP contribution is -2.27. The zero-order valence-electron chi connectivity index (χ0n) is 15.5. The molecular weight excluding hydrogens is 431 g/mol. The maximum atomic E-state index is 6.18. The van der Waals surface area contributed by atoms with Gasteiger partial charge in [-0.1, -0.05) is 29.0 Å². The molecule has 4 nitrogen and oxygen atoms in total. The van der Waals surface area contributed by atoms with Gasteiger partial charge in [-0.3, -0.25) is 4.40 Å². The van der Waals surface area contributed by atoms with E-state index >= 15 is 0 Å². The van der Waals surface area contributed by atoms with E-state index < -0.39 is 0 Å². The summed E-state index contributed by atoms with van der Waals surface area (Å²) in [5.41, 5.74) is 1.58. The maximum Gasteiger partial charge on any atom is 0.197 e. The van der Waals surface area contributed by atoms with E-state index in [0.29, 0.717) is 4.34 Å². The van der Waals surface area contributed by atoms with Crippen LogP contribution in [0.4, 0.5) is 5.82 Å². The van der Waals surface area contributed by atoms with E-state index in [4.69, 9.17) is 16.6 Å². The third-order valence-electron chi connectivity index (χ3n) is 3.61. The standard InChI is InChI=1S/C20H17ClN4S2.ClH/c1-20(2,3)24-18-17(23-19-25(18)12-16(21)27-19)15-10-9-14(26-15)8-7-13-6-4-5-11-22-13;/h4-6,9-12,24H,1-3H3;1H. The van der Waals surface area contributed by atoms with Gasteiger partial charge in [-0.15, -0.1) is 23.7 Å².